The molecule has 11 nitrogen and oxygen atoms in total. The lowest BCUT2D eigenvalue weighted by atomic mass is 10.1. The number of nitrogens with zero attached hydrogens (tertiary/aromatic N) is 5. The van der Waals surface area contributed by atoms with Gasteiger partial charge in [-0.2, -0.15) is 17.0 Å². The lowest BCUT2D eigenvalue weighted by molar-refractivity contribution is -0.112. The van der Waals surface area contributed by atoms with E-state index >= 15 is 0 Å². The molecule has 0 saturated carbocycles. The highest BCUT2D eigenvalue weighted by Crippen LogP contribution is 2.33. The summed E-state index contributed by atoms with van der Waals surface area (Å²) in [6.07, 6.45) is 3.55. The Kier molecular flexibility index (Phi) is 6.01. The van der Waals surface area contributed by atoms with E-state index in [1.54, 1.807) is 12.1 Å². The third-order valence-corrected chi connectivity index (χ3v) is 5.39. The lowest BCUT2D eigenvalue weighted by Crippen LogP contribution is -2.32. The third kappa shape index (κ3) is 4.04. The molecule has 3 N–H and O–H groups in total. The highest BCUT2D eigenvalue weighted by Gasteiger charge is 2.44. The number of nitrogens with one attached hydrogen (secondary N) is 1. The van der Waals surface area contributed by atoms with Crippen LogP contribution >= 0.6 is 11.8 Å². The van der Waals surface area contributed by atoms with Crippen LogP contribution in [0.1, 0.15) is 12.0 Å². The van der Waals surface area contributed by atoms with Gasteiger partial charge in [-0.25, -0.2) is 15.0 Å². The first-order valence-corrected chi connectivity index (χ1v) is 10.6. The fourth-order valence-corrected chi connectivity index (χ4v) is 3.83. The summed E-state index contributed by atoms with van der Waals surface area (Å²) in [5, 5.41) is 32.5. The number of hydrogen-bond acceptors (Lipinski definition) is 10. The molecule has 0 unspecified atom stereocenters. The van der Waals surface area contributed by atoms with Crippen molar-refractivity contribution in [1.82, 2.24) is 19.5 Å². The van der Waals surface area contributed by atoms with Crippen molar-refractivity contribution in [3.8, 4) is 6.07 Å². The Hall–Kier alpha value is -3.24. The van der Waals surface area contributed by atoms with E-state index in [1.165, 1.54) is 41.3 Å². The van der Waals surface area contributed by atoms with E-state index in [4.69, 9.17) is 9.15 Å². The zero-order valence-corrected chi connectivity index (χ0v) is 17.1. The zero-order chi connectivity index (χ0) is 22.0. The average molecular weight is 442 g/mol. The molecule has 3 aromatic heterocycles. The maximum absolute atomic E-state index is 12.5. The van der Waals surface area contributed by atoms with Crippen LogP contribution in [0.4, 0.5) is 5.82 Å². The monoisotopic (exact) mass is 442 g/mol. The number of hydrogen-bond donors (Lipinski definition) is 3. The van der Waals surface area contributed by atoms with Crippen molar-refractivity contribution in [2.24, 2.45) is 0 Å². The molecule has 1 fully saturated rings. The van der Waals surface area contributed by atoms with Crippen LogP contribution in [-0.4, -0.2) is 66.0 Å². The van der Waals surface area contributed by atoms with Crippen LogP contribution in [-0.2, 0) is 9.53 Å². The van der Waals surface area contributed by atoms with Crippen LogP contribution in [0.2, 0.25) is 0 Å². The number of carbonyl (C=O) groups is 1. The Morgan fingerprint density at radius 2 is 2.23 bits per heavy atom. The Bertz CT molecular complexity index is 1150. The van der Waals surface area contributed by atoms with E-state index in [-0.39, 0.29) is 16.9 Å². The standard InChI is InChI=1S/C19H18N6O5S/c1-31-7-12-14(26)15(27)19(30-12)25-9-23-13-16(21-8-22-17(13)25)24-18(28)10(6-20)5-11-3-2-4-29-11/h2-5,8-9,12,14-15,19,26-27H,7H2,1H3,(H,21,22,24,28)/b10-5+/t12-,14-,15-,19-/m1/s1. The SMILES string of the molecule is CSC[C@H]1O[C@@H](n2cnc3c(NC(=O)/C(C#N)=C/c4ccco4)ncnc32)[C@H](O)[C@@H]1O. The molecule has 12 heteroatoms. The summed E-state index contributed by atoms with van der Waals surface area (Å²) in [6.45, 7) is 0. The molecule has 1 aliphatic heterocycles. The number of aromatic nitrogens is 4. The molecule has 1 amide bonds. The summed E-state index contributed by atoms with van der Waals surface area (Å²) < 4.78 is 12.4. The van der Waals surface area contributed by atoms with Crippen LogP contribution in [0.25, 0.3) is 17.2 Å². The van der Waals surface area contributed by atoms with Gasteiger partial charge in [0.05, 0.1) is 18.7 Å². The molecule has 1 aliphatic rings. The highest BCUT2D eigenvalue weighted by atomic mass is 32.2. The number of thioether (sulfide) groups is 1. The van der Waals surface area contributed by atoms with Gasteiger partial charge < -0.3 is 24.7 Å². The summed E-state index contributed by atoms with van der Waals surface area (Å²) in [5.41, 5.74) is 0.350. The third-order valence-electron chi connectivity index (χ3n) is 4.73. The molecule has 0 radical (unpaired) electrons. The van der Waals surface area contributed by atoms with Gasteiger partial charge >= 0.3 is 0 Å². The average Bonchev–Trinajstić information content (AvgIpc) is 3.49. The normalized spacial score (nSPS) is 23.7. The number of carbonyl (C=O) groups excluding carboxylic acids is 1. The molecular weight excluding hydrogens is 424 g/mol. The van der Waals surface area contributed by atoms with Crippen molar-refractivity contribution < 1.29 is 24.2 Å². The van der Waals surface area contributed by atoms with Gasteiger partial charge in [-0.3, -0.25) is 9.36 Å². The number of aliphatic hydroxyl groups excluding tert-OH is 2. The molecule has 31 heavy (non-hydrogen) atoms. The van der Waals surface area contributed by atoms with E-state index in [0.717, 1.165) is 0 Å². The minimum absolute atomic E-state index is 0.0862. The quantitative estimate of drug-likeness (QED) is 0.370. The number of aliphatic hydroxyl groups is 2. The fraction of sp³-hybridized carbons (Fsp3) is 0.316. The van der Waals surface area contributed by atoms with E-state index in [1.807, 2.05) is 12.3 Å². The molecule has 4 heterocycles. The first kappa shape index (κ1) is 21.0. The van der Waals surface area contributed by atoms with Gasteiger partial charge in [0.1, 0.15) is 35.9 Å². The van der Waals surface area contributed by atoms with Gasteiger partial charge in [-0.15, -0.1) is 0 Å². The summed E-state index contributed by atoms with van der Waals surface area (Å²) in [4.78, 5) is 25.0. The second kappa shape index (κ2) is 8.86. The Morgan fingerprint density at radius 3 is 2.94 bits per heavy atom. The van der Waals surface area contributed by atoms with E-state index in [0.29, 0.717) is 17.2 Å². The van der Waals surface area contributed by atoms with Crippen molar-refractivity contribution in [3.63, 3.8) is 0 Å². The number of anilines is 1. The molecule has 0 aromatic carbocycles. The molecule has 3 aromatic rings. The molecule has 0 aliphatic carbocycles. The van der Waals surface area contributed by atoms with Gasteiger partial charge in [-0.1, -0.05) is 0 Å². The molecule has 4 atom stereocenters. The number of furan rings is 1. The summed E-state index contributed by atoms with van der Waals surface area (Å²) in [6, 6.07) is 5.07. The molecule has 1 saturated heterocycles. The number of ether oxygens (including phenoxy) is 1. The zero-order valence-electron chi connectivity index (χ0n) is 16.2. The summed E-state index contributed by atoms with van der Waals surface area (Å²) in [7, 11) is 0. The fourth-order valence-electron chi connectivity index (χ4n) is 3.23. The minimum Gasteiger partial charge on any atom is -0.465 e. The topological polar surface area (TPSA) is 159 Å². The van der Waals surface area contributed by atoms with Crippen molar-refractivity contribution >= 4 is 40.7 Å². The Balaban J connectivity index is 1.61. The number of imidazole rings is 1. The Morgan fingerprint density at radius 1 is 1.39 bits per heavy atom. The van der Waals surface area contributed by atoms with Gasteiger partial charge in [0.25, 0.3) is 5.91 Å². The number of fused-ring (bicyclic) bond motifs is 1. The second-order valence-corrected chi connectivity index (χ2v) is 7.60. The maximum atomic E-state index is 12.5. The first-order chi connectivity index (χ1) is 15.0. The number of amides is 1. The lowest BCUT2D eigenvalue weighted by Gasteiger charge is -2.16. The minimum atomic E-state index is -1.18. The van der Waals surface area contributed by atoms with Crippen molar-refractivity contribution in [2.75, 3.05) is 17.3 Å². The predicted octanol–water partition coefficient (Wildman–Crippen LogP) is 0.947. The molecule has 160 valence electrons. The maximum Gasteiger partial charge on any atom is 0.267 e. The van der Waals surface area contributed by atoms with Crippen LogP contribution in [0.3, 0.4) is 0 Å². The number of nitriles is 1. The van der Waals surface area contributed by atoms with Gasteiger partial charge in [0, 0.05) is 11.8 Å². The van der Waals surface area contributed by atoms with Gasteiger partial charge in [0.15, 0.2) is 23.2 Å². The van der Waals surface area contributed by atoms with Gasteiger partial charge in [0.2, 0.25) is 0 Å². The van der Waals surface area contributed by atoms with Crippen LogP contribution < -0.4 is 5.32 Å². The second-order valence-electron chi connectivity index (χ2n) is 6.69. The summed E-state index contributed by atoms with van der Waals surface area (Å²) >= 11 is 1.49. The van der Waals surface area contributed by atoms with Gasteiger partial charge in [-0.05, 0) is 18.4 Å². The summed E-state index contributed by atoms with van der Waals surface area (Å²) in [5.74, 6) is 0.259. The van der Waals surface area contributed by atoms with Crippen LogP contribution in [0, 0.1) is 11.3 Å². The predicted molar refractivity (Wildman–Crippen MR) is 111 cm³/mol. The molecule has 0 spiro atoms. The Labute approximate surface area is 180 Å². The van der Waals surface area contributed by atoms with Crippen LogP contribution in [0.5, 0.6) is 0 Å². The molecular formula is C19H18N6O5S. The van der Waals surface area contributed by atoms with E-state index in [2.05, 4.69) is 20.3 Å². The first-order valence-electron chi connectivity index (χ1n) is 9.18. The van der Waals surface area contributed by atoms with Crippen molar-refractivity contribution in [1.29, 1.82) is 5.26 Å². The molecule has 4 rings (SSSR count). The van der Waals surface area contributed by atoms with Crippen LogP contribution in [0.15, 0.2) is 41.0 Å². The number of rotatable bonds is 6. The van der Waals surface area contributed by atoms with Crippen molar-refractivity contribution in [3.05, 3.63) is 42.4 Å². The molecule has 0 bridgehead atoms. The smallest absolute Gasteiger partial charge is 0.267 e. The largest absolute Gasteiger partial charge is 0.465 e. The highest BCUT2D eigenvalue weighted by molar-refractivity contribution is 7.98. The van der Waals surface area contributed by atoms with E-state index in [9.17, 15) is 20.3 Å². The van der Waals surface area contributed by atoms with Crippen molar-refractivity contribution in [2.45, 2.75) is 24.5 Å². The van der Waals surface area contributed by atoms with E-state index < -0.39 is 30.4 Å².